The maximum atomic E-state index is 13.1. The summed E-state index contributed by atoms with van der Waals surface area (Å²) in [5.41, 5.74) is 2.71. The number of likely N-dealkylation sites (tertiary alicyclic amines) is 1. The van der Waals surface area contributed by atoms with Crippen molar-refractivity contribution in [2.24, 2.45) is 0 Å². The standard InChI is InChI=1S/C24H21N3O4/c1-15-12-18(31-2)5-6-19(15)22(28)20-21(17-7-10-25-11-8-17)27(24(30)23(20)29)14-16-4-3-9-26-13-16/h3-13,21,28H,14H2,1-2H3/b22-20-. The molecule has 1 saturated heterocycles. The fourth-order valence-corrected chi connectivity index (χ4v) is 3.80. The number of ether oxygens (including phenoxy) is 1. The third-order valence-electron chi connectivity index (χ3n) is 5.33. The summed E-state index contributed by atoms with van der Waals surface area (Å²) in [5.74, 6) is -0.970. The van der Waals surface area contributed by atoms with E-state index >= 15 is 0 Å². The lowest BCUT2D eigenvalue weighted by Crippen LogP contribution is -2.29. The van der Waals surface area contributed by atoms with E-state index in [9.17, 15) is 14.7 Å². The van der Waals surface area contributed by atoms with Crippen LogP contribution in [-0.2, 0) is 16.1 Å². The second kappa shape index (κ2) is 8.39. The number of aromatic nitrogens is 2. The quantitative estimate of drug-likeness (QED) is 0.390. The summed E-state index contributed by atoms with van der Waals surface area (Å²) in [6, 6.07) is 11.5. The van der Waals surface area contributed by atoms with Crippen molar-refractivity contribution >= 4 is 17.4 Å². The van der Waals surface area contributed by atoms with Gasteiger partial charge in [0.15, 0.2) is 0 Å². The smallest absolute Gasteiger partial charge is 0.295 e. The van der Waals surface area contributed by atoms with E-state index in [-0.39, 0.29) is 17.9 Å². The molecule has 1 amide bonds. The number of pyridine rings is 2. The Morgan fingerprint density at radius 3 is 2.52 bits per heavy atom. The maximum absolute atomic E-state index is 13.1. The van der Waals surface area contributed by atoms with Gasteiger partial charge in [-0.05, 0) is 60.0 Å². The van der Waals surface area contributed by atoms with Crippen LogP contribution < -0.4 is 4.74 Å². The zero-order chi connectivity index (χ0) is 22.0. The topological polar surface area (TPSA) is 92.6 Å². The average Bonchev–Trinajstić information content (AvgIpc) is 3.04. The lowest BCUT2D eigenvalue weighted by Gasteiger charge is -2.25. The molecule has 1 unspecified atom stereocenters. The minimum Gasteiger partial charge on any atom is -0.507 e. The van der Waals surface area contributed by atoms with Gasteiger partial charge in [-0.1, -0.05) is 6.07 Å². The van der Waals surface area contributed by atoms with Crippen LogP contribution in [0.15, 0.2) is 72.8 Å². The van der Waals surface area contributed by atoms with Gasteiger partial charge >= 0.3 is 0 Å². The molecular weight excluding hydrogens is 394 g/mol. The largest absolute Gasteiger partial charge is 0.507 e. The Bertz CT molecular complexity index is 1160. The minimum absolute atomic E-state index is 0.0494. The number of rotatable bonds is 5. The molecule has 4 rings (SSSR count). The van der Waals surface area contributed by atoms with Gasteiger partial charge in [-0.2, -0.15) is 0 Å². The van der Waals surface area contributed by atoms with E-state index in [2.05, 4.69) is 9.97 Å². The number of aliphatic hydroxyl groups excluding tert-OH is 1. The van der Waals surface area contributed by atoms with Gasteiger partial charge in [0.25, 0.3) is 11.7 Å². The van der Waals surface area contributed by atoms with Crippen LogP contribution in [0.5, 0.6) is 5.75 Å². The Balaban J connectivity index is 1.86. The van der Waals surface area contributed by atoms with Crippen molar-refractivity contribution in [3.8, 4) is 5.75 Å². The number of ketones is 1. The van der Waals surface area contributed by atoms with Gasteiger partial charge in [-0.25, -0.2) is 0 Å². The van der Waals surface area contributed by atoms with Crippen molar-refractivity contribution < 1.29 is 19.4 Å². The summed E-state index contributed by atoms with van der Waals surface area (Å²) in [4.78, 5) is 35.7. The Morgan fingerprint density at radius 2 is 1.87 bits per heavy atom. The SMILES string of the molecule is COc1ccc(/C(O)=C2/C(=O)C(=O)N(Cc3cccnc3)C2c2ccncc2)c(C)c1. The van der Waals surface area contributed by atoms with Crippen molar-refractivity contribution in [3.63, 3.8) is 0 Å². The van der Waals surface area contributed by atoms with Crippen LogP contribution in [0.4, 0.5) is 0 Å². The lowest BCUT2D eigenvalue weighted by atomic mass is 9.94. The van der Waals surface area contributed by atoms with Crippen molar-refractivity contribution in [3.05, 3.63) is 95.1 Å². The molecule has 156 valence electrons. The van der Waals surface area contributed by atoms with E-state index in [4.69, 9.17) is 4.74 Å². The maximum Gasteiger partial charge on any atom is 0.295 e. The van der Waals surface area contributed by atoms with E-state index in [0.717, 1.165) is 11.1 Å². The minimum atomic E-state index is -0.746. The third-order valence-corrected chi connectivity index (χ3v) is 5.33. The second-order valence-corrected chi connectivity index (χ2v) is 7.25. The summed E-state index contributed by atoms with van der Waals surface area (Å²) in [6.07, 6.45) is 6.48. The van der Waals surface area contributed by atoms with Crippen molar-refractivity contribution in [2.75, 3.05) is 7.11 Å². The van der Waals surface area contributed by atoms with Crippen LogP contribution in [0.2, 0.25) is 0 Å². The highest BCUT2D eigenvalue weighted by atomic mass is 16.5. The zero-order valence-corrected chi connectivity index (χ0v) is 17.1. The first-order valence-electron chi connectivity index (χ1n) is 9.73. The van der Waals surface area contributed by atoms with Crippen molar-refractivity contribution in [1.29, 1.82) is 0 Å². The molecule has 2 aromatic heterocycles. The van der Waals surface area contributed by atoms with Gasteiger partial charge in [0, 0.05) is 36.9 Å². The highest BCUT2D eigenvalue weighted by Crippen LogP contribution is 2.40. The summed E-state index contributed by atoms with van der Waals surface area (Å²) in [7, 11) is 1.56. The molecule has 1 aliphatic heterocycles. The molecule has 7 nitrogen and oxygen atoms in total. The number of hydrogen-bond acceptors (Lipinski definition) is 6. The van der Waals surface area contributed by atoms with Crippen LogP contribution in [0.3, 0.4) is 0 Å². The molecule has 0 saturated carbocycles. The number of amides is 1. The molecule has 3 heterocycles. The summed E-state index contributed by atoms with van der Waals surface area (Å²) < 4.78 is 5.23. The normalized spacial score (nSPS) is 17.7. The van der Waals surface area contributed by atoms with Gasteiger partial charge in [-0.15, -0.1) is 0 Å². The number of aryl methyl sites for hydroxylation is 1. The first kappa shape index (κ1) is 20.3. The molecule has 1 N–H and O–H groups in total. The van der Waals surface area contributed by atoms with Gasteiger partial charge in [0.05, 0.1) is 18.7 Å². The predicted molar refractivity (Wildman–Crippen MR) is 114 cm³/mol. The fourth-order valence-electron chi connectivity index (χ4n) is 3.80. The van der Waals surface area contributed by atoms with Gasteiger partial charge in [0.2, 0.25) is 0 Å². The zero-order valence-electron chi connectivity index (χ0n) is 17.1. The molecule has 0 spiro atoms. The Labute approximate surface area is 179 Å². The Morgan fingerprint density at radius 1 is 1.10 bits per heavy atom. The molecule has 31 heavy (non-hydrogen) atoms. The number of hydrogen-bond donors (Lipinski definition) is 1. The van der Waals surface area contributed by atoms with Gasteiger partial charge in [0.1, 0.15) is 11.5 Å². The molecule has 0 bridgehead atoms. The summed E-state index contributed by atoms with van der Waals surface area (Å²) >= 11 is 0. The Hall–Kier alpha value is -4.00. The summed E-state index contributed by atoms with van der Waals surface area (Å²) in [6.45, 7) is 1.99. The molecule has 0 radical (unpaired) electrons. The van der Waals surface area contributed by atoms with E-state index in [1.807, 2.05) is 13.0 Å². The van der Waals surface area contributed by atoms with Crippen LogP contribution in [0, 0.1) is 6.92 Å². The first-order chi connectivity index (χ1) is 15.0. The molecule has 3 aromatic rings. The molecular formula is C24H21N3O4. The first-order valence-corrected chi connectivity index (χ1v) is 9.73. The number of benzene rings is 1. The van der Waals surface area contributed by atoms with Gasteiger partial charge in [-0.3, -0.25) is 19.6 Å². The number of methoxy groups -OCH3 is 1. The Kier molecular flexibility index (Phi) is 5.49. The highest BCUT2D eigenvalue weighted by molar-refractivity contribution is 6.46. The monoisotopic (exact) mass is 415 g/mol. The molecule has 1 atom stereocenters. The van der Waals surface area contributed by atoms with E-state index < -0.39 is 17.7 Å². The van der Waals surface area contributed by atoms with E-state index in [1.165, 1.54) is 4.90 Å². The van der Waals surface area contributed by atoms with E-state index in [0.29, 0.717) is 16.9 Å². The molecule has 1 fully saturated rings. The number of nitrogens with zero attached hydrogens (tertiary/aromatic N) is 3. The molecule has 1 aliphatic rings. The van der Waals surface area contributed by atoms with E-state index in [1.54, 1.807) is 68.3 Å². The highest BCUT2D eigenvalue weighted by Gasteiger charge is 2.46. The van der Waals surface area contributed by atoms with Crippen LogP contribution in [-0.4, -0.2) is 38.8 Å². The van der Waals surface area contributed by atoms with Crippen LogP contribution in [0.25, 0.3) is 5.76 Å². The molecule has 1 aromatic carbocycles. The van der Waals surface area contributed by atoms with Crippen molar-refractivity contribution in [1.82, 2.24) is 14.9 Å². The van der Waals surface area contributed by atoms with Crippen LogP contribution in [0.1, 0.15) is 28.3 Å². The number of carbonyl (C=O) groups is 2. The molecule has 7 heteroatoms. The number of carbonyl (C=O) groups excluding carboxylic acids is 2. The second-order valence-electron chi connectivity index (χ2n) is 7.25. The fraction of sp³-hybridized carbons (Fsp3) is 0.167. The number of Topliss-reactive ketones (excluding diaryl/α,β-unsaturated/α-hetero) is 1. The average molecular weight is 415 g/mol. The number of aliphatic hydroxyl groups is 1. The third kappa shape index (κ3) is 3.77. The van der Waals surface area contributed by atoms with Crippen molar-refractivity contribution in [2.45, 2.75) is 19.5 Å². The van der Waals surface area contributed by atoms with Gasteiger partial charge < -0.3 is 14.7 Å². The van der Waals surface area contributed by atoms with Crippen LogP contribution >= 0.6 is 0 Å². The summed E-state index contributed by atoms with van der Waals surface area (Å²) in [5, 5.41) is 11.2. The predicted octanol–water partition coefficient (Wildman–Crippen LogP) is 3.42. The lowest BCUT2D eigenvalue weighted by molar-refractivity contribution is -0.140. The molecule has 0 aliphatic carbocycles.